The molecule has 1 unspecified atom stereocenters. The van der Waals surface area contributed by atoms with Crippen LogP contribution in [0.5, 0.6) is 0 Å². The Labute approximate surface area is 115 Å². The second-order valence-electron chi connectivity index (χ2n) is 5.69. The topological polar surface area (TPSA) is 49.3 Å². The zero-order chi connectivity index (χ0) is 13.8. The summed E-state index contributed by atoms with van der Waals surface area (Å²) in [6.45, 7) is 4.02. The van der Waals surface area contributed by atoms with Crippen LogP contribution in [-0.4, -0.2) is 17.1 Å². The Morgan fingerprint density at radius 3 is 2.26 bits per heavy atom. The number of rotatable bonds is 4. The normalized spacial score (nSPS) is 18.2. The highest BCUT2D eigenvalue weighted by Gasteiger charge is 2.24. The molecule has 0 saturated heterocycles. The molecule has 0 aromatic heterocycles. The van der Waals surface area contributed by atoms with Gasteiger partial charge in [0.2, 0.25) is 0 Å². The fourth-order valence-corrected chi connectivity index (χ4v) is 2.99. The summed E-state index contributed by atoms with van der Waals surface area (Å²) in [5.74, 6) is -0.782. The van der Waals surface area contributed by atoms with E-state index in [1.807, 2.05) is 26.0 Å². The van der Waals surface area contributed by atoms with Crippen LogP contribution in [0.25, 0.3) is 0 Å². The number of carbonyl (C=O) groups is 1. The third-order valence-corrected chi connectivity index (χ3v) is 3.83. The van der Waals surface area contributed by atoms with Crippen LogP contribution in [0.15, 0.2) is 18.2 Å². The molecule has 0 amide bonds. The van der Waals surface area contributed by atoms with Gasteiger partial charge in [-0.25, -0.2) is 0 Å². The summed E-state index contributed by atoms with van der Waals surface area (Å²) in [7, 11) is 0. The van der Waals surface area contributed by atoms with Crippen LogP contribution in [-0.2, 0) is 4.79 Å². The summed E-state index contributed by atoms with van der Waals surface area (Å²) >= 11 is 0. The van der Waals surface area contributed by atoms with Crippen molar-refractivity contribution in [1.82, 2.24) is 5.32 Å². The average Bonchev–Trinajstić information content (AvgIpc) is 2.35. The third-order valence-electron chi connectivity index (χ3n) is 3.83. The summed E-state index contributed by atoms with van der Waals surface area (Å²) in [6.07, 6.45) is 5.87. The first-order valence-electron chi connectivity index (χ1n) is 7.13. The van der Waals surface area contributed by atoms with Crippen LogP contribution in [0.4, 0.5) is 0 Å². The van der Waals surface area contributed by atoms with Crippen molar-refractivity contribution in [2.24, 2.45) is 0 Å². The largest absolute Gasteiger partial charge is 0.480 e. The zero-order valence-corrected chi connectivity index (χ0v) is 11.8. The molecule has 1 atom stereocenters. The molecule has 19 heavy (non-hydrogen) atoms. The molecule has 1 aliphatic rings. The number of benzene rings is 1. The first-order chi connectivity index (χ1) is 9.06. The molecule has 1 aromatic carbocycles. The van der Waals surface area contributed by atoms with Gasteiger partial charge >= 0.3 is 5.97 Å². The van der Waals surface area contributed by atoms with Crippen LogP contribution in [0.1, 0.15) is 54.8 Å². The highest BCUT2D eigenvalue weighted by atomic mass is 16.4. The fraction of sp³-hybridized carbons (Fsp3) is 0.562. The predicted molar refractivity (Wildman–Crippen MR) is 76.3 cm³/mol. The fourth-order valence-electron chi connectivity index (χ4n) is 2.99. The Hall–Kier alpha value is -1.35. The van der Waals surface area contributed by atoms with Gasteiger partial charge < -0.3 is 5.11 Å². The number of carboxylic acids is 1. The van der Waals surface area contributed by atoms with E-state index in [2.05, 4.69) is 11.4 Å². The molecule has 0 radical (unpaired) electrons. The number of hydrogen-bond acceptors (Lipinski definition) is 2. The quantitative estimate of drug-likeness (QED) is 0.873. The molecular formula is C16H23NO2. The van der Waals surface area contributed by atoms with E-state index >= 15 is 0 Å². The van der Waals surface area contributed by atoms with Crippen molar-refractivity contribution in [1.29, 1.82) is 0 Å². The van der Waals surface area contributed by atoms with E-state index in [-0.39, 0.29) is 0 Å². The second-order valence-corrected chi connectivity index (χ2v) is 5.69. The van der Waals surface area contributed by atoms with E-state index in [1.54, 1.807) is 0 Å². The van der Waals surface area contributed by atoms with E-state index in [0.717, 1.165) is 29.5 Å². The molecule has 1 aromatic rings. The maximum Gasteiger partial charge on any atom is 0.325 e. The monoisotopic (exact) mass is 261 g/mol. The van der Waals surface area contributed by atoms with Gasteiger partial charge in [-0.1, -0.05) is 48.6 Å². The highest BCUT2D eigenvalue weighted by molar-refractivity contribution is 5.75. The second kappa shape index (κ2) is 6.20. The maximum absolute atomic E-state index is 11.5. The minimum atomic E-state index is -0.782. The number of nitrogens with one attached hydrogen (secondary N) is 1. The lowest BCUT2D eigenvalue weighted by molar-refractivity contribution is -0.140. The van der Waals surface area contributed by atoms with Gasteiger partial charge in [0.05, 0.1) is 0 Å². The van der Waals surface area contributed by atoms with E-state index in [4.69, 9.17) is 0 Å². The standard InChI is InChI=1S/C16H23NO2/c1-11-8-12(2)10-13(9-11)15(16(18)19)17-14-6-4-3-5-7-14/h8-10,14-15,17H,3-7H2,1-2H3,(H,18,19). The van der Waals surface area contributed by atoms with Crippen molar-refractivity contribution in [3.63, 3.8) is 0 Å². The van der Waals surface area contributed by atoms with Crippen LogP contribution in [0.2, 0.25) is 0 Å². The van der Waals surface area contributed by atoms with Crippen LogP contribution < -0.4 is 5.32 Å². The summed E-state index contributed by atoms with van der Waals surface area (Å²) in [5.41, 5.74) is 3.11. The molecule has 104 valence electrons. The van der Waals surface area contributed by atoms with Gasteiger partial charge in [-0.05, 0) is 32.3 Å². The molecule has 3 heteroatoms. The Morgan fingerprint density at radius 1 is 1.16 bits per heavy atom. The first kappa shape index (κ1) is 14.1. The van der Waals surface area contributed by atoms with Crippen molar-refractivity contribution >= 4 is 5.97 Å². The Kier molecular flexibility index (Phi) is 4.59. The lowest BCUT2D eigenvalue weighted by Gasteiger charge is -2.27. The van der Waals surface area contributed by atoms with Crippen LogP contribution in [0.3, 0.4) is 0 Å². The number of carboxylic acid groups (broad SMARTS) is 1. The van der Waals surface area contributed by atoms with Crippen molar-refractivity contribution in [2.75, 3.05) is 0 Å². The van der Waals surface area contributed by atoms with E-state index < -0.39 is 12.0 Å². The van der Waals surface area contributed by atoms with Crippen LogP contribution >= 0.6 is 0 Å². The Bertz CT molecular complexity index is 430. The van der Waals surface area contributed by atoms with E-state index in [1.165, 1.54) is 19.3 Å². The van der Waals surface area contributed by atoms with Gasteiger partial charge in [0.15, 0.2) is 0 Å². The zero-order valence-electron chi connectivity index (χ0n) is 11.8. The minimum Gasteiger partial charge on any atom is -0.480 e. The summed E-state index contributed by atoms with van der Waals surface area (Å²) in [5, 5.41) is 12.8. The van der Waals surface area contributed by atoms with Gasteiger partial charge in [-0.3, -0.25) is 10.1 Å². The van der Waals surface area contributed by atoms with E-state index in [9.17, 15) is 9.90 Å². The lowest BCUT2D eigenvalue weighted by atomic mass is 9.93. The van der Waals surface area contributed by atoms with Crippen LogP contribution in [0, 0.1) is 13.8 Å². The van der Waals surface area contributed by atoms with Gasteiger partial charge in [-0.15, -0.1) is 0 Å². The van der Waals surface area contributed by atoms with Gasteiger partial charge in [0.25, 0.3) is 0 Å². The first-order valence-corrected chi connectivity index (χ1v) is 7.13. The van der Waals surface area contributed by atoms with Crippen molar-refractivity contribution in [3.05, 3.63) is 34.9 Å². The molecule has 0 bridgehead atoms. The predicted octanol–water partition coefficient (Wildman–Crippen LogP) is 3.35. The van der Waals surface area contributed by atoms with Crippen molar-refractivity contribution < 1.29 is 9.90 Å². The summed E-state index contributed by atoms with van der Waals surface area (Å²) in [6, 6.07) is 5.78. The lowest BCUT2D eigenvalue weighted by Crippen LogP contribution is -2.38. The van der Waals surface area contributed by atoms with Crippen molar-refractivity contribution in [2.45, 2.75) is 58.0 Å². The number of aryl methyl sites for hydroxylation is 2. The van der Waals surface area contributed by atoms with Gasteiger partial charge in [-0.2, -0.15) is 0 Å². The third kappa shape index (κ3) is 3.80. The summed E-state index contributed by atoms with van der Waals surface area (Å²) < 4.78 is 0. The Morgan fingerprint density at radius 2 is 1.74 bits per heavy atom. The Balaban J connectivity index is 2.16. The highest BCUT2D eigenvalue weighted by Crippen LogP contribution is 2.23. The molecule has 2 N–H and O–H groups in total. The summed E-state index contributed by atoms with van der Waals surface area (Å²) in [4.78, 5) is 11.5. The number of aliphatic carboxylic acids is 1. The number of hydrogen-bond donors (Lipinski definition) is 2. The molecule has 1 aliphatic carbocycles. The molecule has 3 nitrogen and oxygen atoms in total. The smallest absolute Gasteiger partial charge is 0.325 e. The van der Waals surface area contributed by atoms with Crippen molar-refractivity contribution in [3.8, 4) is 0 Å². The van der Waals surface area contributed by atoms with Gasteiger partial charge in [0.1, 0.15) is 6.04 Å². The van der Waals surface area contributed by atoms with E-state index in [0.29, 0.717) is 6.04 Å². The molecular weight excluding hydrogens is 238 g/mol. The molecule has 1 fully saturated rings. The molecule has 0 spiro atoms. The minimum absolute atomic E-state index is 0.343. The molecule has 0 heterocycles. The van der Waals surface area contributed by atoms with Gasteiger partial charge in [0, 0.05) is 6.04 Å². The molecule has 1 saturated carbocycles. The maximum atomic E-state index is 11.5. The molecule has 2 rings (SSSR count). The molecule has 0 aliphatic heterocycles. The average molecular weight is 261 g/mol. The SMILES string of the molecule is Cc1cc(C)cc(C(NC2CCCCC2)C(=O)O)c1.